The molecule has 0 radical (unpaired) electrons. The van der Waals surface area contributed by atoms with Crippen molar-refractivity contribution in [2.24, 2.45) is 0 Å². The zero-order valence-corrected chi connectivity index (χ0v) is 13.1. The van der Waals surface area contributed by atoms with Crippen molar-refractivity contribution in [2.45, 2.75) is 25.8 Å². The van der Waals surface area contributed by atoms with Crippen molar-refractivity contribution in [1.29, 1.82) is 0 Å². The zero-order chi connectivity index (χ0) is 13.8. The van der Waals surface area contributed by atoms with Crippen molar-refractivity contribution < 1.29 is 4.79 Å². The van der Waals surface area contributed by atoms with Crippen molar-refractivity contribution in [1.82, 2.24) is 14.8 Å². The van der Waals surface area contributed by atoms with Crippen LogP contribution in [-0.2, 0) is 0 Å². The first-order chi connectivity index (χ1) is 9.11. The predicted octanol–water partition coefficient (Wildman–Crippen LogP) is 2.40. The number of halogens is 1. The van der Waals surface area contributed by atoms with Crippen molar-refractivity contribution in [2.75, 3.05) is 26.7 Å². The summed E-state index contributed by atoms with van der Waals surface area (Å²) in [6, 6.07) is 5.76. The lowest BCUT2D eigenvalue weighted by Gasteiger charge is -2.30. The first-order valence-corrected chi connectivity index (χ1v) is 7.53. The van der Waals surface area contributed by atoms with E-state index in [0.717, 1.165) is 32.5 Å². The number of likely N-dealkylation sites (N-methyl/N-ethyl adjacent to an activating group) is 1. The Labute approximate surface area is 122 Å². The minimum Gasteiger partial charge on any atom is -0.333 e. The van der Waals surface area contributed by atoms with Crippen LogP contribution in [0.5, 0.6) is 0 Å². The van der Waals surface area contributed by atoms with E-state index in [1.807, 2.05) is 17.0 Å². The molecule has 0 N–H and O–H groups in total. The molecule has 2 rings (SSSR count). The molecule has 2 heterocycles. The highest BCUT2D eigenvalue weighted by Crippen LogP contribution is 2.16. The third kappa shape index (κ3) is 3.54. The first kappa shape index (κ1) is 14.5. The van der Waals surface area contributed by atoms with Crippen LogP contribution in [-0.4, -0.2) is 53.4 Å². The Kier molecular flexibility index (Phi) is 4.93. The van der Waals surface area contributed by atoms with Gasteiger partial charge in [0.1, 0.15) is 10.3 Å². The van der Waals surface area contributed by atoms with Crippen LogP contribution in [0.4, 0.5) is 0 Å². The molecule has 0 bridgehead atoms. The van der Waals surface area contributed by atoms with E-state index < -0.39 is 0 Å². The lowest BCUT2D eigenvalue weighted by molar-refractivity contribution is 0.0669. The summed E-state index contributed by atoms with van der Waals surface area (Å²) >= 11 is 3.32. The van der Waals surface area contributed by atoms with Gasteiger partial charge in [0.2, 0.25) is 0 Å². The van der Waals surface area contributed by atoms with E-state index in [0.29, 0.717) is 10.3 Å². The number of hydrogen-bond donors (Lipinski definition) is 0. The molecule has 1 saturated heterocycles. The van der Waals surface area contributed by atoms with Gasteiger partial charge in [0.05, 0.1) is 0 Å². The van der Waals surface area contributed by atoms with Gasteiger partial charge in [-0.05, 0) is 54.5 Å². The van der Waals surface area contributed by atoms with Crippen LogP contribution >= 0.6 is 15.9 Å². The SMILES string of the molecule is CCC1CN(C)CCCN1C(=O)c1cccc(Br)n1. The fraction of sp³-hybridized carbons (Fsp3) is 0.571. The molecule has 0 aromatic carbocycles. The molecule has 1 atom stereocenters. The first-order valence-electron chi connectivity index (χ1n) is 6.74. The number of rotatable bonds is 2. The molecule has 0 aliphatic carbocycles. The van der Waals surface area contributed by atoms with Gasteiger partial charge < -0.3 is 9.80 Å². The Morgan fingerprint density at radius 2 is 2.26 bits per heavy atom. The van der Waals surface area contributed by atoms with Crippen LogP contribution in [0.25, 0.3) is 0 Å². The summed E-state index contributed by atoms with van der Waals surface area (Å²) in [5, 5.41) is 0. The van der Waals surface area contributed by atoms with Gasteiger partial charge in [-0.1, -0.05) is 13.0 Å². The maximum absolute atomic E-state index is 12.6. The summed E-state index contributed by atoms with van der Waals surface area (Å²) in [5.41, 5.74) is 0.525. The molecule has 19 heavy (non-hydrogen) atoms. The number of nitrogens with zero attached hydrogens (tertiary/aromatic N) is 3. The van der Waals surface area contributed by atoms with Gasteiger partial charge in [0.15, 0.2) is 0 Å². The average Bonchev–Trinajstić information content (AvgIpc) is 2.59. The van der Waals surface area contributed by atoms with Gasteiger partial charge in [-0.25, -0.2) is 4.98 Å². The topological polar surface area (TPSA) is 36.4 Å². The predicted molar refractivity (Wildman–Crippen MR) is 79.2 cm³/mol. The minimum absolute atomic E-state index is 0.0449. The number of hydrogen-bond acceptors (Lipinski definition) is 3. The molecule has 1 aliphatic rings. The summed E-state index contributed by atoms with van der Waals surface area (Å²) < 4.78 is 0.707. The normalized spacial score (nSPS) is 21.2. The lowest BCUT2D eigenvalue weighted by Crippen LogP contribution is -2.43. The molecule has 104 valence electrons. The second-order valence-corrected chi connectivity index (χ2v) is 5.83. The van der Waals surface area contributed by atoms with E-state index in [1.54, 1.807) is 6.07 Å². The summed E-state index contributed by atoms with van der Waals surface area (Å²) in [7, 11) is 2.12. The molecule has 1 fully saturated rings. The highest BCUT2D eigenvalue weighted by Gasteiger charge is 2.27. The largest absolute Gasteiger partial charge is 0.333 e. The smallest absolute Gasteiger partial charge is 0.272 e. The number of carbonyl (C=O) groups excluding carboxylic acids is 1. The van der Waals surface area contributed by atoms with Crippen LogP contribution in [0.3, 0.4) is 0 Å². The maximum atomic E-state index is 12.6. The second-order valence-electron chi connectivity index (χ2n) is 5.02. The van der Waals surface area contributed by atoms with E-state index in [4.69, 9.17) is 0 Å². The Hall–Kier alpha value is -0.940. The molecule has 1 unspecified atom stereocenters. The molecule has 1 aromatic heterocycles. The van der Waals surface area contributed by atoms with Gasteiger partial charge in [-0.3, -0.25) is 4.79 Å². The standard InChI is InChI=1S/C14H20BrN3O/c1-3-11-10-17(2)8-5-9-18(11)14(19)12-6-4-7-13(15)16-12/h4,6-7,11H,3,5,8-10H2,1-2H3. The summed E-state index contributed by atoms with van der Waals surface area (Å²) in [5.74, 6) is 0.0449. The third-order valence-corrected chi connectivity index (χ3v) is 4.01. The molecule has 1 amide bonds. The van der Waals surface area contributed by atoms with Gasteiger partial charge >= 0.3 is 0 Å². The Morgan fingerprint density at radius 1 is 1.47 bits per heavy atom. The number of aromatic nitrogens is 1. The fourth-order valence-corrected chi connectivity index (χ4v) is 2.88. The van der Waals surface area contributed by atoms with Crippen LogP contribution in [0.15, 0.2) is 22.8 Å². The molecule has 4 nitrogen and oxygen atoms in total. The number of pyridine rings is 1. The second kappa shape index (κ2) is 6.48. The average molecular weight is 326 g/mol. The van der Waals surface area contributed by atoms with E-state index in [9.17, 15) is 4.79 Å². The summed E-state index contributed by atoms with van der Waals surface area (Å²) in [6.07, 6.45) is 2.00. The molecule has 0 spiro atoms. The van der Waals surface area contributed by atoms with E-state index >= 15 is 0 Å². The molecular weight excluding hydrogens is 306 g/mol. The molecule has 1 aromatic rings. The maximum Gasteiger partial charge on any atom is 0.272 e. The quantitative estimate of drug-likeness (QED) is 0.783. The van der Waals surface area contributed by atoms with Crippen molar-refractivity contribution >= 4 is 21.8 Å². The Bertz CT molecular complexity index is 452. The van der Waals surface area contributed by atoms with E-state index in [1.165, 1.54) is 0 Å². The van der Waals surface area contributed by atoms with Gasteiger partial charge in [-0.2, -0.15) is 0 Å². The van der Waals surface area contributed by atoms with Gasteiger partial charge in [-0.15, -0.1) is 0 Å². The third-order valence-electron chi connectivity index (χ3n) is 3.57. The number of amides is 1. The van der Waals surface area contributed by atoms with Crippen molar-refractivity contribution in [3.05, 3.63) is 28.5 Å². The van der Waals surface area contributed by atoms with Gasteiger partial charge in [0, 0.05) is 19.1 Å². The highest BCUT2D eigenvalue weighted by molar-refractivity contribution is 9.10. The van der Waals surface area contributed by atoms with E-state index in [2.05, 4.69) is 39.8 Å². The van der Waals surface area contributed by atoms with Crippen LogP contribution in [0.2, 0.25) is 0 Å². The lowest BCUT2D eigenvalue weighted by atomic mass is 10.1. The Morgan fingerprint density at radius 3 is 2.95 bits per heavy atom. The highest BCUT2D eigenvalue weighted by atomic mass is 79.9. The minimum atomic E-state index is 0.0449. The van der Waals surface area contributed by atoms with Crippen molar-refractivity contribution in [3.63, 3.8) is 0 Å². The van der Waals surface area contributed by atoms with Crippen molar-refractivity contribution in [3.8, 4) is 0 Å². The number of carbonyl (C=O) groups is 1. The Balaban J connectivity index is 2.20. The molecule has 0 saturated carbocycles. The van der Waals surface area contributed by atoms with E-state index in [-0.39, 0.29) is 11.9 Å². The zero-order valence-electron chi connectivity index (χ0n) is 11.5. The van der Waals surface area contributed by atoms with Gasteiger partial charge in [0.25, 0.3) is 5.91 Å². The van der Waals surface area contributed by atoms with Crippen LogP contribution < -0.4 is 0 Å². The van der Waals surface area contributed by atoms with Crippen LogP contribution in [0.1, 0.15) is 30.3 Å². The molecule has 5 heteroatoms. The molecular formula is C14H20BrN3O. The monoisotopic (exact) mass is 325 g/mol. The summed E-state index contributed by atoms with van der Waals surface area (Å²) in [4.78, 5) is 21.2. The molecule has 1 aliphatic heterocycles. The van der Waals surface area contributed by atoms with Crippen LogP contribution in [0, 0.1) is 0 Å². The fourth-order valence-electron chi connectivity index (χ4n) is 2.53. The summed E-state index contributed by atoms with van der Waals surface area (Å²) in [6.45, 7) is 4.94.